The van der Waals surface area contributed by atoms with Gasteiger partial charge in [-0.3, -0.25) is 9.59 Å². The normalized spacial score (nSPS) is 14.9. The summed E-state index contributed by atoms with van der Waals surface area (Å²) in [5.74, 6) is -0.528. The van der Waals surface area contributed by atoms with Crippen molar-refractivity contribution in [3.8, 4) is 0 Å². The van der Waals surface area contributed by atoms with E-state index < -0.39 is 11.7 Å². The number of aromatic amines is 1. The molecule has 2 amide bonds. The van der Waals surface area contributed by atoms with Gasteiger partial charge in [-0.2, -0.15) is 13.2 Å². The highest BCUT2D eigenvalue weighted by molar-refractivity contribution is 6.31. The van der Waals surface area contributed by atoms with Gasteiger partial charge in [0.1, 0.15) is 5.69 Å². The van der Waals surface area contributed by atoms with Crippen molar-refractivity contribution >= 4 is 34.3 Å². The van der Waals surface area contributed by atoms with Gasteiger partial charge in [-0.25, -0.2) is 0 Å². The molecule has 1 N–H and O–H groups in total. The van der Waals surface area contributed by atoms with E-state index in [4.69, 9.17) is 11.6 Å². The Morgan fingerprint density at radius 2 is 1.47 bits per heavy atom. The number of carbonyl (C=O) groups excluding carboxylic acids is 2. The molecule has 1 aliphatic heterocycles. The Morgan fingerprint density at radius 3 is 2.07 bits per heavy atom. The van der Waals surface area contributed by atoms with Crippen LogP contribution in [0.4, 0.5) is 13.2 Å². The lowest BCUT2D eigenvalue weighted by molar-refractivity contribution is -0.137. The van der Waals surface area contributed by atoms with Crippen molar-refractivity contribution in [1.82, 2.24) is 14.8 Å². The zero-order chi connectivity index (χ0) is 21.5. The zero-order valence-electron chi connectivity index (χ0n) is 15.7. The molecule has 0 unspecified atom stereocenters. The molecule has 1 aliphatic rings. The second-order valence-corrected chi connectivity index (χ2v) is 7.51. The largest absolute Gasteiger partial charge is 0.416 e. The smallest absolute Gasteiger partial charge is 0.350 e. The van der Waals surface area contributed by atoms with Crippen LogP contribution in [0.5, 0.6) is 0 Å². The Bertz CT molecular complexity index is 1100. The third-order valence-corrected chi connectivity index (χ3v) is 5.36. The molecule has 0 bridgehead atoms. The van der Waals surface area contributed by atoms with Gasteiger partial charge in [-0.1, -0.05) is 17.7 Å². The van der Waals surface area contributed by atoms with Crippen molar-refractivity contribution in [3.05, 3.63) is 70.4 Å². The molecule has 30 heavy (non-hydrogen) atoms. The predicted molar refractivity (Wildman–Crippen MR) is 107 cm³/mol. The summed E-state index contributed by atoms with van der Waals surface area (Å²) in [5.41, 5.74) is 0.598. The van der Waals surface area contributed by atoms with Crippen molar-refractivity contribution in [2.24, 2.45) is 0 Å². The van der Waals surface area contributed by atoms with E-state index in [0.717, 1.165) is 23.0 Å². The van der Waals surface area contributed by atoms with Crippen LogP contribution in [-0.2, 0) is 6.18 Å². The van der Waals surface area contributed by atoms with E-state index in [1.807, 2.05) is 6.07 Å². The van der Waals surface area contributed by atoms with Crippen LogP contribution in [0.25, 0.3) is 10.9 Å². The number of halogens is 4. The molecular formula is C21H17ClF3N3O2. The van der Waals surface area contributed by atoms with E-state index >= 15 is 0 Å². The number of hydrogen-bond acceptors (Lipinski definition) is 2. The number of alkyl halides is 3. The average Bonchev–Trinajstić information content (AvgIpc) is 3.15. The molecule has 9 heteroatoms. The molecular weight excluding hydrogens is 419 g/mol. The summed E-state index contributed by atoms with van der Waals surface area (Å²) in [4.78, 5) is 31.6. The molecule has 4 rings (SSSR count). The zero-order valence-corrected chi connectivity index (χ0v) is 16.4. The monoisotopic (exact) mass is 435 g/mol. The highest BCUT2D eigenvalue weighted by atomic mass is 35.5. The minimum absolute atomic E-state index is 0.177. The molecule has 5 nitrogen and oxygen atoms in total. The quantitative estimate of drug-likeness (QED) is 0.647. The number of amides is 2. The Morgan fingerprint density at radius 1 is 0.867 bits per heavy atom. The van der Waals surface area contributed by atoms with Crippen LogP contribution in [0, 0.1) is 0 Å². The van der Waals surface area contributed by atoms with E-state index in [0.29, 0.717) is 36.9 Å². The van der Waals surface area contributed by atoms with Crippen molar-refractivity contribution in [1.29, 1.82) is 0 Å². The molecule has 0 saturated carbocycles. The standard InChI is InChI=1S/C21H17ClF3N3O2/c22-16-6-3-14-11-18(26-17(14)12-16)20(30)28-9-7-27(8-10-28)19(29)13-1-4-15(5-2-13)21(23,24)25/h1-6,11-12,26H,7-10H2. The first-order valence-electron chi connectivity index (χ1n) is 9.26. The van der Waals surface area contributed by atoms with Gasteiger partial charge < -0.3 is 14.8 Å². The number of H-pyrrole nitrogens is 1. The van der Waals surface area contributed by atoms with Gasteiger partial charge >= 0.3 is 6.18 Å². The molecule has 0 radical (unpaired) electrons. The van der Waals surface area contributed by atoms with Crippen LogP contribution in [0.15, 0.2) is 48.5 Å². The van der Waals surface area contributed by atoms with Crippen molar-refractivity contribution < 1.29 is 22.8 Å². The van der Waals surface area contributed by atoms with Gasteiger partial charge in [0.25, 0.3) is 11.8 Å². The Labute approximate surface area is 175 Å². The molecule has 2 heterocycles. The molecule has 156 valence electrons. The Kier molecular flexibility index (Phi) is 5.19. The second kappa shape index (κ2) is 7.68. The maximum absolute atomic E-state index is 12.8. The first-order chi connectivity index (χ1) is 14.2. The highest BCUT2D eigenvalue weighted by Crippen LogP contribution is 2.29. The molecule has 2 aromatic carbocycles. The number of nitrogens with zero attached hydrogens (tertiary/aromatic N) is 2. The number of benzene rings is 2. The van der Waals surface area contributed by atoms with E-state index in [2.05, 4.69) is 4.98 Å². The van der Waals surface area contributed by atoms with E-state index in [1.54, 1.807) is 23.1 Å². The molecule has 1 aromatic heterocycles. The summed E-state index contributed by atoms with van der Waals surface area (Å²) in [7, 11) is 0. The third kappa shape index (κ3) is 4.00. The van der Waals surface area contributed by atoms with Crippen LogP contribution in [0.2, 0.25) is 5.02 Å². The van der Waals surface area contributed by atoms with E-state index in [-0.39, 0.29) is 17.4 Å². The first-order valence-corrected chi connectivity index (χ1v) is 9.64. The minimum Gasteiger partial charge on any atom is -0.350 e. The van der Waals surface area contributed by atoms with Crippen LogP contribution in [-0.4, -0.2) is 52.8 Å². The van der Waals surface area contributed by atoms with Gasteiger partial charge in [-0.15, -0.1) is 0 Å². The highest BCUT2D eigenvalue weighted by Gasteiger charge is 2.31. The fourth-order valence-electron chi connectivity index (χ4n) is 3.48. The molecule has 1 fully saturated rings. The van der Waals surface area contributed by atoms with Gasteiger partial charge in [0.15, 0.2) is 0 Å². The van der Waals surface area contributed by atoms with Gasteiger partial charge in [-0.05, 0) is 42.5 Å². The predicted octanol–water partition coefficient (Wildman–Crippen LogP) is 4.44. The van der Waals surface area contributed by atoms with Crippen LogP contribution >= 0.6 is 11.6 Å². The summed E-state index contributed by atoms with van der Waals surface area (Å²) < 4.78 is 38.0. The Hall–Kier alpha value is -3.00. The van der Waals surface area contributed by atoms with E-state index in [9.17, 15) is 22.8 Å². The molecule has 1 saturated heterocycles. The lowest BCUT2D eigenvalue weighted by atomic mass is 10.1. The maximum atomic E-state index is 12.8. The summed E-state index contributed by atoms with van der Waals surface area (Å²) in [5, 5.41) is 1.44. The molecule has 0 atom stereocenters. The van der Waals surface area contributed by atoms with Crippen LogP contribution < -0.4 is 0 Å². The summed E-state index contributed by atoms with van der Waals surface area (Å²) in [6.45, 7) is 1.28. The maximum Gasteiger partial charge on any atom is 0.416 e. The number of aromatic nitrogens is 1. The first kappa shape index (κ1) is 20.3. The number of fused-ring (bicyclic) bond motifs is 1. The number of piperazine rings is 1. The van der Waals surface area contributed by atoms with Gasteiger partial charge in [0, 0.05) is 47.7 Å². The fraction of sp³-hybridized carbons (Fsp3) is 0.238. The number of rotatable bonds is 2. The fourth-order valence-corrected chi connectivity index (χ4v) is 3.65. The molecule has 0 spiro atoms. The molecule has 3 aromatic rings. The Balaban J connectivity index is 1.40. The topological polar surface area (TPSA) is 56.4 Å². The van der Waals surface area contributed by atoms with Crippen LogP contribution in [0.1, 0.15) is 26.4 Å². The summed E-state index contributed by atoms with van der Waals surface area (Å²) in [6.07, 6.45) is -4.44. The summed E-state index contributed by atoms with van der Waals surface area (Å²) >= 11 is 5.97. The van der Waals surface area contributed by atoms with Gasteiger partial charge in [0.2, 0.25) is 0 Å². The lowest BCUT2D eigenvalue weighted by Crippen LogP contribution is -2.50. The lowest BCUT2D eigenvalue weighted by Gasteiger charge is -2.34. The number of carbonyl (C=O) groups is 2. The van der Waals surface area contributed by atoms with Crippen molar-refractivity contribution in [2.45, 2.75) is 6.18 Å². The van der Waals surface area contributed by atoms with Gasteiger partial charge in [0.05, 0.1) is 5.56 Å². The van der Waals surface area contributed by atoms with Crippen molar-refractivity contribution in [2.75, 3.05) is 26.2 Å². The third-order valence-electron chi connectivity index (χ3n) is 5.13. The number of hydrogen-bond donors (Lipinski definition) is 1. The van der Waals surface area contributed by atoms with Crippen molar-refractivity contribution in [3.63, 3.8) is 0 Å². The SMILES string of the molecule is O=C(c1ccc(C(F)(F)F)cc1)N1CCN(C(=O)c2cc3ccc(Cl)cc3[nH]2)CC1. The average molecular weight is 436 g/mol. The van der Waals surface area contributed by atoms with Crippen LogP contribution in [0.3, 0.4) is 0 Å². The minimum atomic E-state index is -4.44. The molecule has 0 aliphatic carbocycles. The van der Waals surface area contributed by atoms with E-state index in [1.165, 1.54) is 17.0 Å². The summed E-state index contributed by atoms with van der Waals surface area (Å²) in [6, 6.07) is 11.2. The second-order valence-electron chi connectivity index (χ2n) is 7.07. The number of nitrogens with one attached hydrogen (secondary N) is 1.